The van der Waals surface area contributed by atoms with Crippen molar-refractivity contribution in [1.82, 2.24) is 9.80 Å². The average molecular weight is 401 g/mol. The van der Waals surface area contributed by atoms with Crippen LogP contribution in [-0.2, 0) is 0 Å². The van der Waals surface area contributed by atoms with Gasteiger partial charge in [-0.15, -0.1) is 0 Å². The molecule has 150 valence electrons. The monoisotopic (exact) mass is 400 g/mol. The maximum atomic E-state index is 13.6. The molecule has 4 nitrogen and oxygen atoms in total. The molecule has 2 aromatic rings. The molecular weight excluding hydrogens is 372 g/mol. The van der Waals surface area contributed by atoms with Gasteiger partial charge in [0.1, 0.15) is 0 Å². The lowest BCUT2D eigenvalue weighted by Gasteiger charge is -2.44. The second-order valence-electron chi connectivity index (χ2n) is 7.98. The average Bonchev–Trinajstić information content (AvgIpc) is 3.29. The number of Topliss-reactive ketones (excluding diaryl/α,β-unsaturated/α-hetero) is 1. The van der Waals surface area contributed by atoms with Gasteiger partial charge in [-0.05, 0) is 81.7 Å². The van der Waals surface area contributed by atoms with Gasteiger partial charge in [-0.3, -0.25) is 14.6 Å². The summed E-state index contributed by atoms with van der Waals surface area (Å²) in [5.74, 6) is 0.559. The fraction of sp³-hybridized carbons (Fsp3) is 0.522. The Bertz CT molecular complexity index is 747. The van der Waals surface area contributed by atoms with E-state index in [4.69, 9.17) is 16.0 Å². The molecule has 2 atom stereocenters. The first-order valence-corrected chi connectivity index (χ1v) is 10.9. The number of benzene rings is 1. The van der Waals surface area contributed by atoms with Gasteiger partial charge in [-0.1, -0.05) is 36.6 Å². The number of ketones is 1. The number of carbonyl (C=O) groups is 1. The molecule has 28 heavy (non-hydrogen) atoms. The van der Waals surface area contributed by atoms with Crippen molar-refractivity contribution in [3.8, 4) is 0 Å². The van der Waals surface area contributed by atoms with Gasteiger partial charge >= 0.3 is 0 Å². The van der Waals surface area contributed by atoms with E-state index in [2.05, 4.69) is 21.9 Å². The van der Waals surface area contributed by atoms with Gasteiger partial charge in [-0.2, -0.15) is 0 Å². The Morgan fingerprint density at radius 2 is 1.46 bits per heavy atom. The minimum atomic E-state index is -0.231. The van der Waals surface area contributed by atoms with Crippen LogP contribution in [0.3, 0.4) is 0 Å². The summed E-state index contributed by atoms with van der Waals surface area (Å²) in [5, 5.41) is 0.730. The van der Waals surface area contributed by atoms with Gasteiger partial charge in [0.15, 0.2) is 5.76 Å². The van der Waals surface area contributed by atoms with E-state index in [1.807, 2.05) is 12.1 Å². The van der Waals surface area contributed by atoms with E-state index in [0.717, 1.165) is 44.0 Å². The number of furan rings is 1. The van der Waals surface area contributed by atoms with Gasteiger partial charge in [-0.25, -0.2) is 0 Å². The first-order chi connectivity index (χ1) is 13.7. The van der Waals surface area contributed by atoms with Crippen molar-refractivity contribution in [3.63, 3.8) is 0 Å². The molecule has 2 aliphatic heterocycles. The standard InChI is InChI=1S/C23H29ClN2O2/c24-19-11-9-18(10-12-19)21(25-13-3-1-4-14-25)22(26-15-5-2-6-16-26)23(27)20-8-7-17-28-20/h7-12,17,21-22H,1-6,13-16H2. The summed E-state index contributed by atoms with van der Waals surface area (Å²) in [6.07, 6.45) is 8.78. The number of likely N-dealkylation sites (tertiary alicyclic amines) is 2. The van der Waals surface area contributed by atoms with Gasteiger partial charge in [0.05, 0.1) is 18.3 Å². The summed E-state index contributed by atoms with van der Waals surface area (Å²) < 4.78 is 5.54. The Hall–Kier alpha value is -1.62. The Morgan fingerprint density at radius 1 is 0.857 bits per heavy atom. The summed E-state index contributed by atoms with van der Waals surface area (Å²) in [6.45, 7) is 4.00. The molecule has 2 saturated heterocycles. The van der Waals surface area contributed by atoms with E-state index in [1.54, 1.807) is 18.4 Å². The molecular formula is C23H29ClN2O2. The molecule has 0 radical (unpaired) electrons. The van der Waals surface area contributed by atoms with E-state index in [0.29, 0.717) is 5.76 Å². The van der Waals surface area contributed by atoms with Crippen LogP contribution < -0.4 is 0 Å². The number of hydrogen-bond donors (Lipinski definition) is 0. The third-order valence-corrected chi connectivity index (χ3v) is 6.36. The minimum absolute atomic E-state index is 0.0215. The van der Waals surface area contributed by atoms with Crippen molar-refractivity contribution in [2.24, 2.45) is 0 Å². The first kappa shape index (κ1) is 19.7. The number of piperidine rings is 2. The molecule has 0 saturated carbocycles. The molecule has 5 heteroatoms. The fourth-order valence-electron chi connectivity index (χ4n) is 4.72. The molecule has 1 aromatic carbocycles. The van der Waals surface area contributed by atoms with Crippen molar-refractivity contribution in [1.29, 1.82) is 0 Å². The topological polar surface area (TPSA) is 36.7 Å². The van der Waals surface area contributed by atoms with Gasteiger partial charge in [0.25, 0.3) is 0 Å². The minimum Gasteiger partial charge on any atom is -0.461 e. The molecule has 4 rings (SSSR count). The molecule has 0 bridgehead atoms. The quantitative estimate of drug-likeness (QED) is 0.624. The highest BCUT2D eigenvalue weighted by Crippen LogP contribution is 2.34. The zero-order valence-corrected chi connectivity index (χ0v) is 17.1. The predicted molar refractivity (Wildman–Crippen MR) is 112 cm³/mol. The van der Waals surface area contributed by atoms with Crippen molar-refractivity contribution >= 4 is 17.4 Å². The van der Waals surface area contributed by atoms with Crippen LogP contribution in [0.1, 0.15) is 60.7 Å². The highest BCUT2D eigenvalue weighted by atomic mass is 35.5. The largest absolute Gasteiger partial charge is 0.461 e. The summed E-state index contributed by atoms with van der Waals surface area (Å²) >= 11 is 6.17. The van der Waals surface area contributed by atoms with Crippen LogP contribution in [0, 0.1) is 0 Å². The Morgan fingerprint density at radius 3 is 2.04 bits per heavy atom. The maximum Gasteiger partial charge on any atom is 0.216 e. The lowest BCUT2D eigenvalue weighted by Crippen LogP contribution is -2.53. The maximum absolute atomic E-state index is 13.6. The fourth-order valence-corrected chi connectivity index (χ4v) is 4.85. The van der Waals surface area contributed by atoms with Crippen LogP contribution in [0.4, 0.5) is 0 Å². The predicted octanol–water partition coefficient (Wildman–Crippen LogP) is 5.20. The molecule has 2 fully saturated rings. The number of hydrogen-bond acceptors (Lipinski definition) is 4. The van der Waals surface area contributed by atoms with Crippen molar-refractivity contribution in [2.45, 2.75) is 50.6 Å². The van der Waals surface area contributed by atoms with Crippen LogP contribution >= 0.6 is 11.6 Å². The van der Waals surface area contributed by atoms with E-state index < -0.39 is 0 Å². The van der Waals surface area contributed by atoms with E-state index in [-0.39, 0.29) is 17.9 Å². The third kappa shape index (κ3) is 4.35. The Labute approximate surface area is 172 Å². The van der Waals surface area contributed by atoms with Crippen LogP contribution in [-0.4, -0.2) is 47.8 Å². The zero-order valence-electron chi connectivity index (χ0n) is 16.4. The summed E-state index contributed by atoms with van der Waals surface area (Å²) in [5.41, 5.74) is 1.17. The lowest BCUT2D eigenvalue weighted by molar-refractivity contribution is 0.0405. The Balaban J connectivity index is 1.74. The smallest absolute Gasteiger partial charge is 0.216 e. The summed E-state index contributed by atoms with van der Waals surface area (Å²) in [4.78, 5) is 18.5. The van der Waals surface area contributed by atoms with Gasteiger partial charge < -0.3 is 4.42 Å². The molecule has 0 amide bonds. The second-order valence-corrected chi connectivity index (χ2v) is 8.41. The molecule has 0 aliphatic carbocycles. The van der Waals surface area contributed by atoms with Crippen LogP contribution in [0.2, 0.25) is 5.02 Å². The van der Waals surface area contributed by atoms with Crippen molar-refractivity contribution in [2.75, 3.05) is 26.2 Å². The van der Waals surface area contributed by atoms with Crippen LogP contribution in [0.15, 0.2) is 47.1 Å². The lowest BCUT2D eigenvalue weighted by atomic mass is 9.89. The number of nitrogens with zero attached hydrogens (tertiary/aromatic N) is 2. The molecule has 3 heterocycles. The van der Waals surface area contributed by atoms with Crippen molar-refractivity contribution in [3.05, 3.63) is 59.0 Å². The van der Waals surface area contributed by atoms with E-state index in [9.17, 15) is 4.79 Å². The van der Waals surface area contributed by atoms with E-state index in [1.165, 1.54) is 31.2 Å². The molecule has 2 aliphatic rings. The summed E-state index contributed by atoms with van der Waals surface area (Å²) in [7, 11) is 0. The number of carbonyl (C=O) groups excluding carboxylic acids is 1. The first-order valence-electron chi connectivity index (χ1n) is 10.6. The Kier molecular flexibility index (Phi) is 6.50. The summed E-state index contributed by atoms with van der Waals surface area (Å²) in [6, 6.07) is 11.5. The molecule has 0 N–H and O–H groups in total. The van der Waals surface area contributed by atoms with Gasteiger partial charge in [0.2, 0.25) is 5.78 Å². The SMILES string of the molecule is O=C(c1ccco1)C(C(c1ccc(Cl)cc1)N1CCCCC1)N1CCCCC1. The van der Waals surface area contributed by atoms with Gasteiger partial charge in [0, 0.05) is 5.02 Å². The molecule has 0 spiro atoms. The molecule has 2 unspecified atom stereocenters. The third-order valence-electron chi connectivity index (χ3n) is 6.11. The normalized spacial score (nSPS) is 21.3. The van der Waals surface area contributed by atoms with Crippen LogP contribution in [0.5, 0.6) is 0 Å². The van der Waals surface area contributed by atoms with E-state index >= 15 is 0 Å². The van der Waals surface area contributed by atoms with Crippen molar-refractivity contribution < 1.29 is 9.21 Å². The second kappa shape index (κ2) is 9.25. The zero-order chi connectivity index (χ0) is 19.3. The highest BCUT2D eigenvalue weighted by Gasteiger charge is 2.40. The highest BCUT2D eigenvalue weighted by molar-refractivity contribution is 6.30. The number of rotatable bonds is 6. The molecule has 1 aromatic heterocycles. The number of halogens is 1. The van der Waals surface area contributed by atoms with Crippen LogP contribution in [0.25, 0.3) is 0 Å².